The Morgan fingerprint density at radius 3 is 3.06 bits per heavy atom. The van der Waals surface area contributed by atoms with Gasteiger partial charge >= 0.3 is 0 Å². The summed E-state index contributed by atoms with van der Waals surface area (Å²) in [4.78, 5) is 4.41. The third-order valence-corrected chi connectivity index (χ3v) is 3.31. The number of ether oxygens (including phenoxy) is 1. The van der Waals surface area contributed by atoms with E-state index in [-0.39, 0.29) is 6.23 Å². The molecule has 4 heteroatoms. The van der Waals surface area contributed by atoms with E-state index in [1.165, 1.54) is 6.42 Å². The first-order valence-corrected chi connectivity index (χ1v) is 6.25. The van der Waals surface area contributed by atoms with Gasteiger partial charge in [0.15, 0.2) is 0 Å². The second-order valence-corrected chi connectivity index (χ2v) is 4.70. The molecule has 2 rings (SSSR count). The minimum atomic E-state index is 0.00660. The molecule has 16 heavy (non-hydrogen) atoms. The number of aliphatic imine (C=N–C) groups is 1. The van der Waals surface area contributed by atoms with E-state index in [2.05, 4.69) is 20.9 Å². The Morgan fingerprint density at radius 1 is 1.44 bits per heavy atom. The van der Waals surface area contributed by atoms with Crippen LogP contribution in [0.4, 0.5) is 5.69 Å². The smallest absolute Gasteiger partial charge is 0.148 e. The van der Waals surface area contributed by atoms with Crippen molar-refractivity contribution < 1.29 is 4.74 Å². The van der Waals surface area contributed by atoms with Crippen molar-refractivity contribution in [3.63, 3.8) is 0 Å². The lowest BCUT2D eigenvalue weighted by Gasteiger charge is -2.18. The lowest BCUT2D eigenvalue weighted by atomic mass is 10.2. The monoisotopic (exact) mass is 282 g/mol. The van der Waals surface area contributed by atoms with E-state index in [4.69, 9.17) is 10.5 Å². The molecule has 1 aliphatic rings. The van der Waals surface area contributed by atoms with E-state index < -0.39 is 0 Å². The summed E-state index contributed by atoms with van der Waals surface area (Å²) in [7, 11) is 0. The number of nitrogens with zero attached hydrogens (tertiary/aromatic N) is 1. The fraction of sp³-hybridized carbons (Fsp3) is 0.417. The van der Waals surface area contributed by atoms with Gasteiger partial charge in [-0.05, 0) is 41.3 Å². The van der Waals surface area contributed by atoms with E-state index in [1.54, 1.807) is 6.21 Å². The first-order chi connectivity index (χ1) is 7.77. The maximum Gasteiger partial charge on any atom is 0.148 e. The van der Waals surface area contributed by atoms with Crippen LogP contribution in [0.25, 0.3) is 0 Å². The van der Waals surface area contributed by atoms with Gasteiger partial charge < -0.3 is 10.5 Å². The van der Waals surface area contributed by atoms with Gasteiger partial charge in [-0.3, -0.25) is 4.99 Å². The van der Waals surface area contributed by atoms with Crippen LogP contribution in [0.2, 0.25) is 0 Å². The number of anilines is 1. The first kappa shape index (κ1) is 11.6. The zero-order valence-electron chi connectivity index (χ0n) is 9.03. The molecule has 0 aromatic heterocycles. The average Bonchev–Trinajstić information content (AvgIpc) is 2.32. The summed E-state index contributed by atoms with van der Waals surface area (Å²) in [6.45, 7) is 0.815. The Labute approximate surface area is 104 Å². The molecule has 1 unspecified atom stereocenters. The molecule has 2 N–H and O–H groups in total. The second kappa shape index (κ2) is 5.46. The highest BCUT2D eigenvalue weighted by Crippen LogP contribution is 2.22. The average molecular weight is 283 g/mol. The summed E-state index contributed by atoms with van der Waals surface area (Å²) in [5, 5.41) is 0. The van der Waals surface area contributed by atoms with Gasteiger partial charge in [0.05, 0.1) is 5.69 Å². The van der Waals surface area contributed by atoms with Gasteiger partial charge in [0, 0.05) is 22.9 Å². The zero-order chi connectivity index (χ0) is 11.4. The summed E-state index contributed by atoms with van der Waals surface area (Å²) in [5.74, 6) is 0. The molecule has 0 bridgehead atoms. The zero-order valence-corrected chi connectivity index (χ0v) is 10.6. The number of para-hydroxylation sites is 1. The highest BCUT2D eigenvalue weighted by Gasteiger charge is 2.11. The standard InChI is InChI=1S/C12H15BrN2O/c13-10-5-3-4-9(12(10)14)8-15-11-6-1-2-7-16-11/h3-5,8,11H,1-2,6-7,14H2/b15-8+. The van der Waals surface area contributed by atoms with Crippen LogP contribution in [0.15, 0.2) is 27.7 Å². The Bertz CT molecular complexity index is 387. The van der Waals surface area contributed by atoms with Crippen molar-refractivity contribution >= 4 is 27.8 Å². The van der Waals surface area contributed by atoms with Gasteiger partial charge in [0.2, 0.25) is 0 Å². The molecule has 3 nitrogen and oxygen atoms in total. The summed E-state index contributed by atoms with van der Waals surface area (Å²) in [6, 6.07) is 5.82. The SMILES string of the molecule is Nc1c(Br)cccc1/C=N/C1CCCCO1. The molecule has 1 fully saturated rings. The molecule has 0 aliphatic carbocycles. The molecule has 86 valence electrons. The van der Waals surface area contributed by atoms with Crippen LogP contribution in [-0.4, -0.2) is 19.0 Å². The van der Waals surface area contributed by atoms with Crippen LogP contribution in [0.1, 0.15) is 24.8 Å². The predicted octanol–water partition coefficient (Wildman–Crippen LogP) is 2.98. The molecule has 1 aromatic carbocycles. The van der Waals surface area contributed by atoms with Gasteiger partial charge in [-0.2, -0.15) is 0 Å². The number of benzene rings is 1. The van der Waals surface area contributed by atoms with Crippen molar-refractivity contribution in [2.75, 3.05) is 12.3 Å². The van der Waals surface area contributed by atoms with Gasteiger partial charge in [-0.1, -0.05) is 12.1 Å². The van der Waals surface area contributed by atoms with Crippen LogP contribution in [-0.2, 0) is 4.74 Å². The number of halogens is 1. The van der Waals surface area contributed by atoms with Crippen molar-refractivity contribution in [1.29, 1.82) is 0 Å². The molecule has 1 aromatic rings. The lowest BCUT2D eigenvalue weighted by Crippen LogP contribution is -2.16. The third kappa shape index (κ3) is 2.83. The Morgan fingerprint density at radius 2 is 2.31 bits per heavy atom. The largest absolute Gasteiger partial charge is 0.397 e. The summed E-state index contributed by atoms with van der Waals surface area (Å²) < 4.78 is 6.42. The Balaban J connectivity index is 2.07. The molecule has 0 radical (unpaired) electrons. The fourth-order valence-electron chi connectivity index (χ4n) is 1.67. The molecule has 1 aliphatic heterocycles. The fourth-order valence-corrected chi connectivity index (χ4v) is 2.05. The number of nitrogen functional groups attached to an aromatic ring is 1. The number of nitrogens with two attached hydrogens (primary N) is 1. The molecule has 0 amide bonds. The van der Waals surface area contributed by atoms with Crippen molar-refractivity contribution in [1.82, 2.24) is 0 Å². The highest BCUT2D eigenvalue weighted by atomic mass is 79.9. The molecule has 0 spiro atoms. The van der Waals surface area contributed by atoms with Crippen molar-refractivity contribution in [3.8, 4) is 0 Å². The molecular formula is C12H15BrN2O. The highest BCUT2D eigenvalue weighted by molar-refractivity contribution is 9.10. The van der Waals surface area contributed by atoms with E-state index in [0.717, 1.165) is 35.2 Å². The normalized spacial score (nSPS) is 21.4. The maximum atomic E-state index is 5.92. The van der Waals surface area contributed by atoms with Crippen LogP contribution < -0.4 is 5.73 Å². The van der Waals surface area contributed by atoms with Gasteiger partial charge in [-0.15, -0.1) is 0 Å². The summed E-state index contributed by atoms with van der Waals surface area (Å²) >= 11 is 3.39. The first-order valence-electron chi connectivity index (χ1n) is 5.46. The van der Waals surface area contributed by atoms with Crippen molar-refractivity contribution in [2.45, 2.75) is 25.5 Å². The summed E-state index contributed by atoms with van der Waals surface area (Å²) in [6.07, 6.45) is 5.15. The van der Waals surface area contributed by atoms with E-state index in [0.29, 0.717) is 0 Å². The maximum absolute atomic E-state index is 5.92. The van der Waals surface area contributed by atoms with E-state index in [9.17, 15) is 0 Å². The van der Waals surface area contributed by atoms with Gasteiger partial charge in [-0.25, -0.2) is 0 Å². The topological polar surface area (TPSA) is 47.6 Å². The van der Waals surface area contributed by atoms with Crippen LogP contribution in [0, 0.1) is 0 Å². The summed E-state index contributed by atoms with van der Waals surface area (Å²) in [5.41, 5.74) is 7.58. The predicted molar refractivity (Wildman–Crippen MR) is 69.7 cm³/mol. The Hall–Kier alpha value is -0.870. The molecule has 1 heterocycles. The van der Waals surface area contributed by atoms with Gasteiger partial charge in [0.1, 0.15) is 6.23 Å². The third-order valence-electron chi connectivity index (χ3n) is 2.62. The van der Waals surface area contributed by atoms with Crippen molar-refractivity contribution in [2.24, 2.45) is 4.99 Å². The quantitative estimate of drug-likeness (QED) is 0.670. The van der Waals surface area contributed by atoms with E-state index >= 15 is 0 Å². The van der Waals surface area contributed by atoms with Crippen LogP contribution in [0.3, 0.4) is 0 Å². The number of hydrogen-bond acceptors (Lipinski definition) is 3. The molecule has 0 saturated carbocycles. The Kier molecular flexibility index (Phi) is 3.96. The number of rotatable bonds is 2. The molecule has 1 saturated heterocycles. The minimum Gasteiger partial charge on any atom is -0.397 e. The van der Waals surface area contributed by atoms with Crippen LogP contribution in [0.5, 0.6) is 0 Å². The second-order valence-electron chi connectivity index (χ2n) is 3.84. The van der Waals surface area contributed by atoms with Crippen LogP contribution >= 0.6 is 15.9 Å². The van der Waals surface area contributed by atoms with Gasteiger partial charge in [0.25, 0.3) is 0 Å². The molecular weight excluding hydrogens is 268 g/mol. The number of hydrogen-bond donors (Lipinski definition) is 1. The minimum absolute atomic E-state index is 0.00660. The van der Waals surface area contributed by atoms with Crippen molar-refractivity contribution in [3.05, 3.63) is 28.2 Å². The lowest BCUT2D eigenvalue weighted by molar-refractivity contribution is 0.0227. The molecule has 1 atom stereocenters. The van der Waals surface area contributed by atoms with E-state index in [1.807, 2.05) is 18.2 Å².